The second kappa shape index (κ2) is 8.30. The molecule has 5 heteroatoms. The predicted molar refractivity (Wildman–Crippen MR) is 111 cm³/mol. The summed E-state index contributed by atoms with van der Waals surface area (Å²) in [4.78, 5) is 16.5. The normalized spacial score (nSPS) is 11.2. The van der Waals surface area contributed by atoms with Gasteiger partial charge in [-0.05, 0) is 35.3 Å². The van der Waals surface area contributed by atoms with Crippen molar-refractivity contribution in [2.24, 2.45) is 0 Å². The van der Waals surface area contributed by atoms with Gasteiger partial charge in [-0.1, -0.05) is 61.8 Å². The lowest BCUT2D eigenvalue weighted by atomic mass is 10.0. The minimum absolute atomic E-state index is 0.199. The van der Waals surface area contributed by atoms with E-state index < -0.39 is 0 Å². The minimum atomic E-state index is -0.199. The van der Waals surface area contributed by atoms with Gasteiger partial charge in [0.15, 0.2) is 5.13 Å². The molecule has 3 aromatic rings. The van der Waals surface area contributed by atoms with E-state index in [0.717, 1.165) is 16.8 Å². The lowest BCUT2D eigenvalue weighted by Crippen LogP contribution is -2.07. The molecule has 0 radical (unpaired) electrons. The third-order valence-corrected chi connectivity index (χ3v) is 4.91. The summed E-state index contributed by atoms with van der Waals surface area (Å²) < 4.78 is 0. The van der Waals surface area contributed by atoms with Crippen molar-refractivity contribution in [3.63, 3.8) is 0 Å². The van der Waals surface area contributed by atoms with Crippen LogP contribution in [0, 0.1) is 0 Å². The van der Waals surface area contributed by atoms with E-state index in [1.54, 1.807) is 6.08 Å². The van der Waals surface area contributed by atoms with E-state index >= 15 is 0 Å². The van der Waals surface area contributed by atoms with Crippen LogP contribution in [0.1, 0.15) is 30.9 Å². The molecule has 0 spiro atoms. The zero-order valence-electron chi connectivity index (χ0n) is 14.6. The van der Waals surface area contributed by atoms with Crippen LogP contribution in [-0.4, -0.2) is 10.9 Å². The van der Waals surface area contributed by atoms with Gasteiger partial charge in [0.1, 0.15) is 0 Å². The monoisotopic (exact) mass is 382 g/mol. The van der Waals surface area contributed by atoms with Gasteiger partial charge in [-0.15, -0.1) is 11.3 Å². The Bertz CT molecular complexity index is 912. The second-order valence-electron chi connectivity index (χ2n) is 6.19. The van der Waals surface area contributed by atoms with Gasteiger partial charge in [0, 0.05) is 22.0 Å². The van der Waals surface area contributed by atoms with Crippen LogP contribution in [0.25, 0.3) is 17.3 Å². The first-order chi connectivity index (χ1) is 12.5. The number of hydrogen-bond donors (Lipinski definition) is 1. The summed E-state index contributed by atoms with van der Waals surface area (Å²) in [6, 6.07) is 15.7. The summed E-state index contributed by atoms with van der Waals surface area (Å²) >= 11 is 7.29. The van der Waals surface area contributed by atoms with Gasteiger partial charge in [0.05, 0.1) is 5.69 Å². The molecule has 1 heterocycles. The third kappa shape index (κ3) is 4.81. The molecule has 2 aromatic carbocycles. The smallest absolute Gasteiger partial charge is 0.250 e. The van der Waals surface area contributed by atoms with Crippen molar-refractivity contribution < 1.29 is 4.79 Å². The lowest BCUT2D eigenvalue weighted by molar-refractivity contribution is -0.111. The maximum Gasteiger partial charge on any atom is 0.250 e. The van der Waals surface area contributed by atoms with Crippen molar-refractivity contribution in [3.05, 3.63) is 76.1 Å². The highest BCUT2D eigenvalue weighted by molar-refractivity contribution is 7.14. The van der Waals surface area contributed by atoms with E-state index in [4.69, 9.17) is 11.6 Å². The fourth-order valence-electron chi connectivity index (χ4n) is 2.40. The Morgan fingerprint density at radius 3 is 2.46 bits per heavy atom. The SMILES string of the molecule is CC(C)c1ccc(C=CC(=O)Nc2nc(-c3ccc(Cl)cc3)cs2)cc1. The number of halogens is 1. The lowest BCUT2D eigenvalue weighted by Gasteiger charge is -2.04. The molecule has 1 N–H and O–H groups in total. The number of benzene rings is 2. The first-order valence-corrected chi connectivity index (χ1v) is 9.57. The summed E-state index contributed by atoms with van der Waals surface area (Å²) in [7, 11) is 0. The van der Waals surface area contributed by atoms with Gasteiger partial charge in [0.25, 0.3) is 0 Å². The van der Waals surface area contributed by atoms with E-state index in [1.165, 1.54) is 23.0 Å². The number of carbonyl (C=O) groups excluding carboxylic acids is 1. The van der Waals surface area contributed by atoms with Crippen molar-refractivity contribution >= 4 is 40.1 Å². The molecule has 0 aliphatic carbocycles. The highest BCUT2D eigenvalue weighted by atomic mass is 35.5. The van der Waals surface area contributed by atoms with Crippen LogP contribution >= 0.6 is 22.9 Å². The zero-order valence-corrected chi connectivity index (χ0v) is 16.1. The Kier molecular flexibility index (Phi) is 5.86. The molecule has 0 aliphatic heterocycles. The molecule has 3 rings (SSSR count). The number of anilines is 1. The molecule has 132 valence electrons. The largest absolute Gasteiger partial charge is 0.298 e. The molecule has 0 bridgehead atoms. The first-order valence-electron chi connectivity index (χ1n) is 8.32. The molecule has 1 amide bonds. The topological polar surface area (TPSA) is 42.0 Å². The van der Waals surface area contributed by atoms with Gasteiger partial charge in [-0.25, -0.2) is 4.98 Å². The highest BCUT2D eigenvalue weighted by Crippen LogP contribution is 2.26. The van der Waals surface area contributed by atoms with Crippen molar-refractivity contribution in [2.75, 3.05) is 5.32 Å². The number of aromatic nitrogens is 1. The summed E-state index contributed by atoms with van der Waals surface area (Å²) in [5.41, 5.74) is 4.05. The van der Waals surface area contributed by atoms with Gasteiger partial charge < -0.3 is 0 Å². The van der Waals surface area contributed by atoms with E-state index in [0.29, 0.717) is 16.1 Å². The van der Waals surface area contributed by atoms with Crippen molar-refractivity contribution in [1.29, 1.82) is 0 Å². The number of nitrogens with one attached hydrogen (secondary N) is 1. The molecular formula is C21H19ClN2OS. The molecule has 3 nitrogen and oxygen atoms in total. The third-order valence-electron chi connectivity index (χ3n) is 3.90. The number of carbonyl (C=O) groups is 1. The van der Waals surface area contributed by atoms with Gasteiger partial charge in [-0.2, -0.15) is 0 Å². The Labute approximate surface area is 162 Å². The van der Waals surface area contributed by atoms with Crippen LogP contribution in [0.2, 0.25) is 5.02 Å². The Morgan fingerprint density at radius 1 is 1.12 bits per heavy atom. The minimum Gasteiger partial charge on any atom is -0.298 e. The summed E-state index contributed by atoms with van der Waals surface area (Å²) in [6.45, 7) is 4.31. The number of nitrogens with zero attached hydrogens (tertiary/aromatic N) is 1. The van der Waals surface area contributed by atoms with Gasteiger partial charge in [0.2, 0.25) is 5.91 Å². The van der Waals surface area contributed by atoms with E-state index in [9.17, 15) is 4.79 Å². The summed E-state index contributed by atoms with van der Waals surface area (Å²) in [6.07, 6.45) is 3.32. The molecule has 0 atom stereocenters. The molecule has 0 saturated carbocycles. The van der Waals surface area contributed by atoms with Crippen molar-refractivity contribution in [2.45, 2.75) is 19.8 Å². The summed E-state index contributed by atoms with van der Waals surface area (Å²) in [5, 5.41) is 5.96. The average molecular weight is 383 g/mol. The standard InChI is InChI=1S/C21H19ClN2OS/c1-14(2)16-6-3-15(4-7-16)5-12-20(25)24-21-23-19(13-26-21)17-8-10-18(22)11-9-17/h3-14H,1-2H3,(H,23,24,25). The van der Waals surface area contributed by atoms with Gasteiger partial charge >= 0.3 is 0 Å². The second-order valence-corrected chi connectivity index (χ2v) is 7.48. The molecule has 1 aromatic heterocycles. The van der Waals surface area contributed by atoms with Crippen LogP contribution in [0.4, 0.5) is 5.13 Å². The maximum absolute atomic E-state index is 12.1. The van der Waals surface area contributed by atoms with Crippen molar-refractivity contribution in [1.82, 2.24) is 4.98 Å². The molecule has 26 heavy (non-hydrogen) atoms. The van der Waals surface area contributed by atoms with Gasteiger partial charge in [-0.3, -0.25) is 10.1 Å². The van der Waals surface area contributed by atoms with E-state index in [2.05, 4.69) is 36.3 Å². The number of amides is 1. The van der Waals surface area contributed by atoms with Crippen LogP contribution < -0.4 is 5.32 Å². The van der Waals surface area contributed by atoms with Crippen LogP contribution in [0.15, 0.2) is 60.0 Å². The molecule has 0 aliphatic rings. The van der Waals surface area contributed by atoms with E-state index in [-0.39, 0.29) is 5.91 Å². The fourth-order valence-corrected chi connectivity index (χ4v) is 3.24. The number of hydrogen-bond acceptors (Lipinski definition) is 3. The number of thiazole rings is 1. The van der Waals surface area contributed by atoms with Crippen LogP contribution in [0.3, 0.4) is 0 Å². The fraction of sp³-hybridized carbons (Fsp3) is 0.143. The quantitative estimate of drug-likeness (QED) is 0.530. The Balaban J connectivity index is 1.62. The highest BCUT2D eigenvalue weighted by Gasteiger charge is 2.06. The average Bonchev–Trinajstić information content (AvgIpc) is 3.09. The first kappa shape index (κ1) is 18.4. The molecular weight excluding hydrogens is 364 g/mol. The summed E-state index contributed by atoms with van der Waals surface area (Å²) in [5.74, 6) is 0.297. The Hall–Kier alpha value is -2.43. The van der Waals surface area contributed by atoms with Crippen LogP contribution in [-0.2, 0) is 4.79 Å². The van der Waals surface area contributed by atoms with E-state index in [1.807, 2.05) is 41.8 Å². The number of rotatable bonds is 5. The maximum atomic E-state index is 12.1. The van der Waals surface area contributed by atoms with Crippen molar-refractivity contribution in [3.8, 4) is 11.3 Å². The molecule has 0 unspecified atom stereocenters. The van der Waals surface area contributed by atoms with Crippen LogP contribution in [0.5, 0.6) is 0 Å². The predicted octanol–water partition coefficient (Wildman–Crippen LogP) is 6.24. The molecule has 0 saturated heterocycles. The zero-order chi connectivity index (χ0) is 18.5. The molecule has 0 fully saturated rings. The Morgan fingerprint density at radius 2 is 1.81 bits per heavy atom.